The molecule has 7 heteroatoms. The Morgan fingerprint density at radius 3 is 2.76 bits per heavy atom. The number of hydrogen-bond donors (Lipinski definition) is 2. The van der Waals surface area contributed by atoms with E-state index in [2.05, 4.69) is 27.5 Å². The maximum absolute atomic E-state index is 11.5. The van der Waals surface area contributed by atoms with Crippen molar-refractivity contribution in [1.82, 2.24) is 20.3 Å². The molecule has 2 rings (SSSR count). The van der Waals surface area contributed by atoms with Gasteiger partial charge in [-0.05, 0) is 12.1 Å². The van der Waals surface area contributed by atoms with Crippen LogP contribution >= 0.6 is 0 Å². The van der Waals surface area contributed by atoms with Gasteiger partial charge in [0, 0.05) is 11.5 Å². The summed E-state index contributed by atoms with van der Waals surface area (Å²) in [6, 6.07) is 9.15. The van der Waals surface area contributed by atoms with Gasteiger partial charge in [-0.3, -0.25) is 9.59 Å². The first kappa shape index (κ1) is 14.3. The first-order valence-corrected chi connectivity index (χ1v) is 6.09. The molecule has 1 heterocycles. The lowest BCUT2D eigenvalue weighted by atomic mass is 10.2. The van der Waals surface area contributed by atoms with E-state index in [1.165, 1.54) is 10.9 Å². The monoisotopic (exact) mass is 284 g/mol. The molecule has 1 amide bonds. The zero-order chi connectivity index (χ0) is 15.1. The highest BCUT2D eigenvalue weighted by Crippen LogP contribution is 1.95. The van der Waals surface area contributed by atoms with Crippen LogP contribution in [-0.4, -0.2) is 32.0 Å². The predicted molar refractivity (Wildman–Crippen MR) is 72.8 cm³/mol. The van der Waals surface area contributed by atoms with E-state index in [1.54, 1.807) is 12.1 Å². The van der Waals surface area contributed by atoms with Crippen molar-refractivity contribution >= 4 is 11.9 Å². The summed E-state index contributed by atoms with van der Waals surface area (Å²) in [7, 11) is 0. The van der Waals surface area contributed by atoms with Crippen molar-refractivity contribution < 1.29 is 14.7 Å². The van der Waals surface area contributed by atoms with Crippen LogP contribution in [0.1, 0.15) is 11.3 Å². The number of aromatic nitrogens is 3. The quantitative estimate of drug-likeness (QED) is 0.772. The molecular formula is C14H12N4O3. The number of carboxylic acid groups (broad SMARTS) is 1. The summed E-state index contributed by atoms with van der Waals surface area (Å²) < 4.78 is 1.18. The Bertz CT molecular complexity index is 698. The Labute approximate surface area is 120 Å². The van der Waals surface area contributed by atoms with E-state index in [-0.39, 0.29) is 13.1 Å². The van der Waals surface area contributed by atoms with Crippen LogP contribution in [0.25, 0.3) is 0 Å². The number of rotatable bonds is 4. The van der Waals surface area contributed by atoms with Gasteiger partial charge in [0.2, 0.25) is 0 Å². The second kappa shape index (κ2) is 6.86. The van der Waals surface area contributed by atoms with E-state index in [0.29, 0.717) is 5.69 Å². The van der Waals surface area contributed by atoms with Crippen LogP contribution in [0.3, 0.4) is 0 Å². The van der Waals surface area contributed by atoms with Crippen molar-refractivity contribution in [2.45, 2.75) is 13.1 Å². The van der Waals surface area contributed by atoms with E-state index < -0.39 is 11.9 Å². The Morgan fingerprint density at radius 2 is 2.05 bits per heavy atom. The molecule has 0 aliphatic rings. The highest BCUT2D eigenvalue weighted by molar-refractivity contribution is 5.93. The summed E-state index contributed by atoms with van der Waals surface area (Å²) in [4.78, 5) is 22.0. The minimum absolute atomic E-state index is 0.141. The van der Waals surface area contributed by atoms with Crippen molar-refractivity contribution in [3.63, 3.8) is 0 Å². The van der Waals surface area contributed by atoms with Crippen LogP contribution in [0.2, 0.25) is 0 Å². The number of aliphatic carboxylic acids is 1. The lowest BCUT2D eigenvalue weighted by molar-refractivity contribution is -0.137. The predicted octanol–water partition coefficient (Wildman–Crippen LogP) is 0.0306. The zero-order valence-electron chi connectivity index (χ0n) is 11.0. The lowest BCUT2D eigenvalue weighted by Crippen LogP contribution is -2.21. The molecule has 7 nitrogen and oxygen atoms in total. The number of carbonyl (C=O) groups excluding carboxylic acids is 1. The summed E-state index contributed by atoms with van der Waals surface area (Å²) in [5.41, 5.74) is 1.21. The van der Waals surface area contributed by atoms with E-state index in [4.69, 9.17) is 5.11 Å². The Morgan fingerprint density at radius 1 is 1.29 bits per heavy atom. The molecule has 0 saturated heterocycles. The summed E-state index contributed by atoms with van der Waals surface area (Å²) in [6.07, 6.45) is 1.46. The van der Waals surface area contributed by atoms with Gasteiger partial charge in [0.1, 0.15) is 12.2 Å². The van der Waals surface area contributed by atoms with E-state index in [9.17, 15) is 9.59 Å². The average molecular weight is 284 g/mol. The number of amides is 1. The number of nitrogens with zero attached hydrogens (tertiary/aromatic N) is 3. The third kappa shape index (κ3) is 4.80. The van der Waals surface area contributed by atoms with E-state index in [0.717, 1.165) is 5.56 Å². The van der Waals surface area contributed by atoms with Gasteiger partial charge in [-0.25, -0.2) is 4.68 Å². The maximum Gasteiger partial charge on any atom is 0.325 e. The van der Waals surface area contributed by atoms with Crippen LogP contribution in [0.5, 0.6) is 0 Å². The zero-order valence-corrected chi connectivity index (χ0v) is 11.0. The van der Waals surface area contributed by atoms with E-state index in [1.807, 2.05) is 18.2 Å². The van der Waals surface area contributed by atoms with E-state index >= 15 is 0 Å². The molecule has 2 aromatic rings. The normalized spacial score (nSPS) is 9.52. The Balaban J connectivity index is 1.85. The second-order valence-corrected chi connectivity index (χ2v) is 4.10. The molecule has 0 radical (unpaired) electrons. The van der Waals surface area contributed by atoms with Gasteiger partial charge < -0.3 is 10.4 Å². The first-order chi connectivity index (χ1) is 10.1. The van der Waals surface area contributed by atoms with Crippen LogP contribution in [-0.2, 0) is 22.7 Å². The standard InChI is InChI=1S/C14H12N4O3/c19-13(7-6-11-4-2-1-3-5-11)15-8-12-9-18(17-16-12)10-14(20)21/h1-5,9H,8,10H2,(H,15,19)(H,20,21). The smallest absolute Gasteiger partial charge is 0.325 e. The molecule has 0 aliphatic heterocycles. The molecular weight excluding hydrogens is 272 g/mol. The number of carbonyl (C=O) groups is 2. The van der Waals surface area contributed by atoms with Crippen LogP contribution in [0, 0.1) is 11.8 Å². The number of hydrogen-bond acceptors (Lipinski definition) is 4. The molecule has 0 atom stereocenters. The first-order valence-electron chi connectivity index (χ1n) is 6.09. The third-order valence-corrected chi connectivity index (χ3v) is 2.41. The molecule has 2 N–H and O–H groups in total. The van der Waals surface area contributed by atoms with Crippen molar-refractivity contribution in [3.8, 4) is 11.8 Å². The Kier molecular flexibility index (Phi) is 4.66. The van der Waals surface area contributed by atoms with Crippen molar-refractivity contribution in [3.05, 3.63) is 47.8 Å². The molecule has 0 fully saturated rings. The number of benzene rings is 1. The van der Waals surface area contributed by atoms with Gasteiger partial charge in [-0.15, -0.1) is 5.10 Å². The largest absolute Gasteiger partial charge is 0.480 e. The van der Waals surface area contributed by atoms with Crippen molar-refractivity contribution in [1.29, 1.82) is 0 Å². The van der Waals surface area contributed by atoms with Gasteiger partial charge in [0.25, 0.3) is 5.91 Å². The summed E-state index contributed by atoms with van der Waals surface area (Å²) in [5, 5.41) is 18.5. The highest BCUT2D eigenvalue weighted by atomic mass is 16.4. The number of carboxylic acids is 1. The topological polar surface area (TPSA) is 97.1 Å². The molecule has 0 bridgehead atoms. The molecule has 21 heavy (non-hydrogen) atoms. The van der Waals surface area contributed by atoms with Gasteiger partial charge in [-0.1, -0.05) is 29.3 Å². The highest BCUT2D eigenvalue weighted by Gasteiger charge is 2.05. The lowest BCUT2D eigenvalue weighted by Gasteiger charge is -1.95. The molecule has 0 saturated carbocycles. The average Bonchev–Trinajstić information content (AvgIpc) is 2.91. The number of nitrogens with one attached hydrogen (secondary N) is 1. The second-order valence-electron chi connectivity index (χ2n) is 4.10. The van der Waals surface area contributed by atoms with Crippen LogP contribution in [0.15, 0.2) is 36.5 Å². The van der Waals surface area contributed by atoms with Gasteiger partial charge in [-0.2, -0.15) is 0 Å². The fourth-order valence-electron chi connectivity index (χ4n) is 1.50. The van der Waals surface area contributed by atoms with Gasteiger partial charge in [0.15, 0.2) is 0 Å². The van der Waals surface area contributed by atoms with Crippen LogP contribution in [0.4, 0.5) is 0 Å². The maximum atomic E-state index is 11.5. The van der Waals surface area contributed by atoms with Crippen molar-refractivity contribution in [2.75, 3.05) is 0 Å². The SMILES string of the molecule is O=C(O)Cn1cc(CNC(=O)C#Cc2ccccc2)nn1. The Hall–Kier alpha value is -3.14. The minimum atomic E-state index is -1.01. The molecule has 106 valence electrons. The summed E-state index contributed by atoms with van der Waals surface area (Å²) in [5.74, 6) is 3.74. The summed E-state index contributed by atoms with van der Waals surface area (Å²) >= 11 is 0. The summed E-state index contributed by atoms with van der Waals surface area (Å²) in [6.45, 7) is -0.128. The molecule has 0 aliphatic carbocycles. The third-order valence-electron chi connectivity index (χ3n) is 2.41. The molecule has 0 unspecified atom stereocenters. The molecule has 1 aromatic heterocycles. The molecule has 0 spiro atoms. The van der Waals surface area contributed by atoms with Gasteiger partial charge in [0.05, 0.1) is 12.7 Å². The molecule has 1 aromatic carbocycles. The van der Waals surface area contributed by atoms with Crippen molar-refractivity contribution in [2.24, 2.45) is 0 Å². The fraction of sp³-hybridized carbons (Fsp3) is 0.143. The fourth-order valence-corrected chi connectivity index (χ4v) is 1.50. The van der Waals surface area contributed by atoms with Crippen LogP contribution < -0.4 is 5.32 Å². The van der Waals surface area contributed by atoms with Gasteiger partial charge >= 0.3 is 5.97 Å². The minimum Gasteiger partial charge on any atom is -0.480 e.